The lowest BCUT2D eigenvalue weighted by atomic mass is 10.1. The molecule has 0 aliphatic heterocycles. The standard InChI is InChI=1S/C15H13ClFNO2/c1-9(10-2-4-11(16)5-3-10)18-12-6-7-14(17)13(8-12)15(19)20/h2-9,18H,1H3,(H,19,20). The second-order valence-corrected chi connectivity index (χ2v) is 4.85. The number of rotatable bonds is 4. The highest BCUT2D eigenvalue weighted by Gasteiger charge is 2.12. The molecular weight excluding hydrogens is 281 g/mol. The van der Waals surface area contributed by atoms with Crippen LogP contribution in [0.2, 0.25) is 5.02 Å². The van der Waals surface area contributed by atoms with Gasteiger partial charge in [0.2, 0.25) is 0 Å². The van der Waals surface area contributed by atoms with E-state index >= 15 is 0 Å². The number of hydrogen-bond donors (Lipinski definition) is 2. The Morgan fingerprint density at radius 2 is 1.90 bits per heavy atom. The minimum Gasteiger partial charge on any atom is -0.478 e. The molecule has 20 heavy (non-hydrogen) atoms. The number of hydrogen-bond acceptors (Lipinski definition) is 2. The molecule has 0 saturated carbocycles. The van der Waals surface area contributed by atoms with E-state index in [4.69, 9.17) is 16.7 Å². The second-order valence-electron chi connectivity index (χ2n) is 4.42. The highest BCUT2D eigenvalue weighted by molar-refractivity contribution is 6.30. The van der Waals surface area contributed by atoms with Crippen molar-refractivity contribution in [2.75, 3.05) is 5.32 Å². The van der Waals surface area contributed by atoms with Gasteiger partial charge in [-0.15, -0.1) is 0 Å². The predicted octanol–water partition coefficient (Wildman–Crippen LogP) is 4.35. The number of benzene rings is 2. The lowest BCUT2D eigenvalue weighted by molar-refractivity contribution is 0.0692. The summed E-state index contributed by atoms with van der Waals surface area (Å²) in [7, 11) is 0. The van der Waals surface area contributed by atoms with Crippen molar-refractivity contribution in [2.45, 2.75) is 13.0 Å². The van der Waals surface area contributed by atoms with Crippen molar-refractivity contribution in [3.63, 3.8) is 0 Å². The summed E-state index contributed by atoms with van der Waals surface area (Å²) in [6.45, 7) is 1.92. The molecule has 1 unspecified atom stereocenters. The topological polar surface area (TPSA) is 49.3 Å². The zero-order chi connectivity index (χ0) is 14.7. The Kier molecular flexibility index (Phi) is 4.25. The van der Waals surface area contributed by atoms with Gasteiger partial charge in [-0.1, -0.05) is 23.7 Å². The van der Waals surface area contributed by atoms with E-state index in [1.165, 1.54) is 12.1 Å². The number of nitrogens with one attached hydrogen (secondary N) is 1. The van der Waals surface area contributed by atoms with Gasteiger partial charge in [-0.25, -0.2) is 9.18 Å². The van der Waals surface area contributed by atoms with E-state index < -0.39 is 11.8 Å². The smallest absolute Gasteiger partial charge is 0.338 e. The van der Waals surface area contributed by atoms with E-state index in [1.54, 1.807) is 12.1 Å². The third kappa shape index (κ3) is 3.27. The Hall–Kier alpha value is -2.07. The van der Waals surface area contributed by atoms with E-state index in [0.717, 1.165) is 11.6 Å². The Balaban J connectivity index is 2.19. The van der Waals surface area contributed by atoms with Crippen LogP contribution in [-0.2, 0) is 0 Å². The van der Waals surface area contributed by atoms with Crippen molar-refractivity contribution in [1.29, 1.82) is 0 Å². The number of carbonyl (C=O) groups is 1. The van der Waals surface area contributed by atoms with Crippen LogP contribution >= 0.6 is 11.6 Å². The largest absolute Gasteiger partial charge is 0.478 e. The van der Waals surface area contributed by atoms with E-state index in [2.05, 4.69) is 5.32 Å². The lowest BCUT2D eigenvalue weighted by Gasteiger charge is -2.16. The number of aromatic carboxylic acids is 1. The van der Waals surface area contributed by atoms with Gasteiger partial charge < -0.3 is 10.4 Å². The van der Waals surface area contributed by atoms with Crippen molar-refractivity contribution < 1.29 is 14.3 Å². The summed E-state index contributed by atoms with van der Waals surface area (Å²) >= 11 is 5.82. The van der Waals surface area contributed by atoms with Crippen LogP contribution in [0.3, 0.4) is 0 Å². The van der Waals surface area contributed by atoms with Gasteiger partial charge in [-0.05, 0) is 42.8 Å². The fourth-order valence-electron chi connectivity index (χ4n) is 1.86. The zero-order valence-corrected chi connectivity index (χ0v) is 11.5. The molecule has 0 bridgehead atoms. The number of halogens is 2. The van der Waals surface area contributed by atoms with Gasteiger partial charge in [0.05, 0.1) is 5.56 Å². The van der Waals surface area contributed by atoms with Crippen molar-refractivity contribution >= 4 is 23.3 Å². The van der Waals surface area contributed by atoms with Crippen LogP contribution in [0, 0.1) is 5.82 Å². The lowest BCUT2D eigenvalue weighted by Crippen LogP contribution is -2.08. The summed E-state index contributed by atoms with van der Waals surface area (Å²) in [6.07, 6.45) is 0. The Labute approximate surface area is 121 Å². The Morgan fingerprint density at radius 1 is 1.25 bits per heavy atom. The molecular formula is C15H13ClFNO2. The highest BCUT2D eigenvalue weighted by atomic mass is 35.5. The molecule has 0 fully saturated rings. The summed E-state index contributed by atoms with van der Waals surface area (Å²) < 4.78 is 13.3. The molecule has 2 aromatic rings. The molecule has 0 heterocycles. The first-order valence-corrected chi connectivity index (χ1v) is 6.40. The molecule has 2 N–H and O–H groups in total. The first kappa shape index (κ1) is 14.3. The van der Waals surface area contributed by atoms with Crippen LogP contribution < -0.4 is 5.32 Å². The molecule has 2 aromatic carbocycles. The fourth-order valence-corrected chi connectivity index (χ4v) is 1.99. The molecule has 0 aliphatic rings. The minimum absolute atomic E-state index is 0.0561. The van der Waals surface area contributed by atoms with Crippen LogP contribution in [0.25, 0.3) is 0 Å². The summed E-state index contributed by atoms with van der Waals surface area (Å²) in [5.74, 6) is -2.03. The maximum atomic E-state index is 13.3. The maximum Gasteiger partial charge on any atom is 0.338 e. The molecule has 3 nitrogen and oxygen atoms in total. The summed E-state index contributed by atoms with van der Waals surface area (Å²) in [5.41, 5.74) is 1.19. The molecule has 0 radical (unpaired) electrons. The number of anilines is 1. The summed E-state index contributed by atoms with van der Waals surface area (Å²) in [6, 6.07) is 11.2. The van der Waals surface area contributed by atoms with E-state index in [9.17, 15) is 9.18 Å². The van der Waals surface area contributed by atoms with Crippen LogP contribution in [0.15, 0.2) is 42.5 Å². The first-order chi connectivity index (χ1) is 9.47. The van der Waals surface area contributed by atoms with Crippen LogP contribution in [0.4, 0.5) is 10.1 Å². The fraction of sp³-hybridized carbons (Fsp3) is 0.133. The Bertz CT molecular complexity index is 628. The van der Waals surface area contributed by atoms with Gasteiger partial charge in [-0.2, -0.15) is 0 Å². The molecule has 0 aromatic heterocycles. The van der Waals surface area contributed by atoms with Crippen molar-refractivity contribution in [3.8, 4) is 0 Å². The predicted molar refractivity (Wildman–Crippen MR) is 76.8 cm³/mol. The van der Waals surface area contributed by atoms with E-state index in [-0.39, 0.29) is 11.6 Å². The van der Waals surface area contributed by atoms with Gasteiger partial charge >= 0.3 is 5.97 Å². The molecule has 0 saturated heterocycles. The first-order valence-electron chi connectivity index (χ1n) is 6.02. The average Bonchev–Trinajstić information content (AvgIpc) is 2.41. The zero-order valence-electron chi connectivity index (χ0n) is 10.7. The quantitative estimate of drug-likeness (QED) is 0.881. The normalized spacial score (nSPS) is 11.9. The second kappa shape index (κ2) is 5.92. The maximum absolute atomic E-state index is 13.3. The monoisotopic (exact) mass is 293 g/mol. The Morgan fingerprint density at radius 3 is 2.50 bits per heavy atom. The molecule has 104 valence electrons. The number of carboxylic acid groups (broad SMARTS) is 1. The average molecular weight is 294 g/mol. The molecule has 0 aliphatic carbocycles. The van der Waals surface area contributed by atoms with Gasteiger partial charge in [0.15, 0.2) is 0 Å². The van der Waals surface area contributed by atoms with Gasteiger partial charge in [-0.3, -0.25) is 0 Å². The van der Waals surface area contributed by atoms with Crippen LogP contribution in [0.1, 0.15) is 28.9 Å². The molecule has 1 atom stereocenters. The van der Waals surface area contributed by atoms with Crippen molar-refractivity contribution in [2.24, 2.45) is 0 Å². The van der Waals surface area contributed by atoms with Crippen LogP contribution in [0.5, 0.6) is 0 Å². The summed E-state index contributed by atoms with van der Waals surface area (Å²) in [5, 5.41) is 12.7. The molecule has 2 rings (SSSR count). The highest BCUT2D eigenvalue weighted by Crippen LogP contribution is 2.22. The third-order valence-electron chi connectivity index (χ3n) is 2.95. The van der Waals surface area contributed by atoms with Gasteiger partial charge in [0.25, 0.3) is 0 Å². The van der Waals surface area contributed by atoms with Crippen LogP contribution in [-0.4, -0.2) is 11.1 Å². The van der Waals surface area contributed by atoms with Crippen molar-refractivity contribution in [1.82, 2.24) is 0 Å². The third-order valence-corrected chi connectivity index (χ3v) is 3.20. The summed E-state index contributed by atoms with van der Waals surface area (Å²) in [4.78, 5) is 10.9. The van der Waals surface area contributed by atoms with Crippen molar-refractivity contribution in [3.05, 3.63) is 64.4 Å². The molecule has 0 spiro atoms. The SMILES string of the molecule is CC(Nc1ccc(F)c(C(=O)O)c1)c1ccc(Cl)cc1. The van der Waals surface area contributed by atoms with Gasteiger partial charge in [0, 0.05) is 16.8 Å². The molecule has 5 heteroatoms. The van der Waals surface area contributed by atoms with Gasteiger partial charge in [0.1, 0.15) is 5.82 Å². The van der Waals surface area contributed by atoms with E-state index in [0.29, 0.717) is 10.7 Å². The van der Waals surface area contributed by atoms with E-state index in [1.807, 2.05) is 19.1 Å². The number of carboxylic acids is 1. The minimum atomic E-state index is -1.29. The molecule has 0 amide bonds.